The Morgan fingerprint density at radius 2 is 1.92 bits per heavy atom. The van der Waals surface area contributed by atoms with Gasteiger partial charge < -0.3 is 10.6 Å². The van der Waals surface area contributed by atoms with Crippen molar-refractivity contribution >= 4 is 28.3 Å². The van der Waals surface area contributed by atoms with Crippen LogP contribution in [-0.2, 0) is 0 Å². The SMILES string of the molecule is Ic1ccc(NC2CNC2)cc1. The zero-order chi connectivity index (χ0) is 8.39. The first-order chi connectivity index (χ1) is 5.84. The van der Waals surface area contributed by atoms with Gasteiger partial charge in [0.1, 0.15) is 0 Å². The van der Waals surface area contributed by atoms with Gasteiger partial charge in [-0.3, -0.25) is 0 Å². The average Bonchev–Trinajstić information content (AvgIpc) is 2.00. The minimum Gasteiger partial charge on any atom is -0.380 e. The maximum absolute atomic E-state index is 3.44. The van der Waals surface area contributed by atoms with Crippen LogP contribution in [0.15, 0.2) is 24.3 Å². The van der Waals surface area contributed by atoms with E-state index in [1.54, 1.807) is 0 Å². The van der Waals surface area contributed by atoms with E-state index in [0.29, 0.717) is 6.04 Å². The molecule has 2 rings (SSSR count). The van der Waals surface area contributed by atoms with Gasteiger partial charge in [0, 0.05) is 22.3 Å². The molecule has 2 N–H and O–H groups in total. The molecule has 1 saturated heterocycles. The highest BCUT2D eigenvalue weighted by atomic mass is 127. The van der Waals surface area contributed by atoms with Gasteiger partial charge in [-0.15, -0.1) is 0 Å². The fourth-order valence-corrected chi connectivity index (χ4v) is 1.53. The first-order valence-electron chi connectivity index (χ1n) is 4.07. The molecule has 1 heterocycles. The van der Waals surface area contributed by atoms with E-state index >= 15 is 0 Å². The van der Waals surface area contributed by atoms with Crippen molar-refractivity contribution in [3.05, 3.63) is 27.8 Å². The van der Waals surface area contributed by atoms with Gasteiger partial charge in [0.15, 0.2) is 0 Å². The van der Waals surface area contributed by atoms with Crippen molar-refractivity contribution in [2.75, 3.05) is 18.4 Å². The lowest BCUT2D eigenvalue weighted by atomic mass is 10.1. The van der Waals surface area contributed by atoms with Crippen molar-refractivity contribution in [2.45, 2.75) is 6.04 Å². The lowest BCUT2D eigenvalue weighted by molar-refractivity contribution is 0.472. The lowest BCUT2D eigenvalue weighted by Crippen LogP contribution is -2.51. The van der Waals surface area contributed by atoms with E-state index in [4.69, 9.17) is 0 Å². The smallest absolute Gasteiger partial charge is 0.0510 e. The summed E-state index contributed by atoms with van der Waals surface area (Å²) in [5, 5.41) is 6.67. The zero-order valence-electron chi connectivity index (χ0n) is 6.68. The highest BCUT2D eigenvalue weighted by Crippen LogP contribution is 2.12. The number of anilines is 1. The first-order valence-corrected chi connectivity index (χ1v) is 5.15. The number of benzene rings is 1. The number of halogens is 1. The van der Waals surface area contributed by atoms with Crippen LogP contribution in [0, 0.1) is 3.57 Å². The Kier molecular flexibility index (Phi) is 2.51. The van der Waals surface area contributed by atoms with E-state index in [0.717, 1.165) is 13.1 Å². The molecule has 0 amide bonds. The zero-order valence-corrected chi connectivity index (χ0v) is 8.84. The molecule has 0 atom stereocenters. The standard InChI is InChI=1S/C9H11IN2/c10-7-1-3-8(4-2-7)12-9-5-11-6-9/h1-4,9,11-12H,5-6H2. The Hall–Kier alpha value is -0.290. The van der Waals surface area contributed by atoms with E-state index in [-0.39, 0.29) is 0 Å². The molecule has 0 aliphatic carbocycles. The third-order valence-corrected chi connectivity index (χ3v) is 2.72. The highest BCUT2D eigenvalue weighted by Gasteiger charge is 2.15. The Balaban J connectivity index is 1.98. The summed E-state index contributed by atoms with van der Waals surface area (Å²) in [6.07, 6.45) is 0. The van der Waals surface area contributed by atoms with E-state index in [1.807, 2.05) is 0 Å². The second-order valence-corrected chi connectivity index (χ2v) is 4.25. The summed E-state index contributed by atoms with van der Waals surface area (Å²) in [6, 6.07) is 9.12. The second-order valence-electron chi connectivity index (χ2n) is 3.01. The third kappa shape index (κ3) is 1.90. The van der Waals surface area contributed by atoms with Crippen molar-refractivity contribution in [3.8, 4) is 0 Å². The van der Waals surface area contributed by atoms with Gasteiger partial charge in [0.05, 0.1) is 6.04 Å². The van der Waals surface area contributed by atoms with Crippen molar-refractivity contribution in [3.63, 3.8) is 0 Å². The molecular weight excluding hydrogens is 263 g/mol. The minimum atomic E-state index is 0.630. The summed E-state index contributed by atoms with van der Waals surface area (Å²) in [6.45, 7) is 2.18. The average molecular weight is 274 g/mol. The predicted molar refractivity (Wildman–Crippen MR) is 59.4 cm³/mol. The molecule has 1 aliphatic rings. The molecule has 1 fully saturated rings. The molecule has 0 radical (unpaired) electrons. The van der Waals surface area contributed by atoms with Gasteiger partial charge in [0.25, 0.3) is 0 Å². The molecule has 0 unspecified atom stereocenters. The van der Waals surface area contributed by atoms with Crippen molar-refractivity contribution < 1.29 is 0 Å². The minimum absolute atomic E-state index is 0.630. The lowest BCUT2D eigenvalue weighted by Gasteiger charge is -2.28. The molecule has 2 nitrogen and oxygen atoms in total. The predicted octanol–water partition coefficient (Wildman–Crippen LogP) is 1.67. The second kappa shape index (κ2) is 3.62. The van der Waals surface area contributed by atoms with Crippen molar-refractivity contribution in [1.82, 2.24) is 5.32 Å². The molecule has 0 aromatic heterocycles. The molecule has 64 valence electrons. The summed E-state index contributed by atoms with van der Waals surface area (Å²) in [4.78, 5) is 0. The first kappa shape index (κ1) is 8.31. The highest BCUT2D eigenvalue weighted by molar-refractivity contribution is 14.1. The van der Waals surface area contributed by atoms with Crippen molar-refractivity contribution in [1.29, 1.82) is 0 Å². The molecular formula is C9H11IN2. The third-order valence-electron chi connectivity index (χ3n) is 2.00. The van der Waals surface area contributed by atoms with E-state index in [1.165, 1.54) is 9.26 Å². The molecule has 1 aromatic carbocycles. The molecule has 0 bridgehead atoms. The Morgan fingerprint density at radius 3 is 2.42 bits per heavy atom. The van der Waals surface area contributed by atoms with Crippen LogP contribution >= 0.6 is 22.6 Å². The quantitative estimate of drug-likeness (QED) is 0.802. The number of hydrogen-bond donors (Lipinski definition) is 2. The van der Waals surface area contributed by atoms with Gasteiger partial charge in [-0.2, -0.15) is 0 Å². The summed E-state index contributed by atoms with van der Waals surface area (Å²) in [5.41, 5.74) is 1.22. The van der Waals surface area contributed by atoms with Crippen LogP contribution in [0.3, 0.4) is 0 Å². The van der Waals surface area contributed by atoms with Crippen LogP contribution in [0.25, 0.3) is 0 Å². The summed E-state index contributed by atoms with van der Waals surface area (Å²) < 4.78 is 1.28. The normalized spacial score (nSPS) is 17.1. The van der Waals surface area contributed by atoms with Crippen LogP contribution in [0.1, 0.15) is 0 Å². The molecule has 12 heavy (non-hydrogen) atoms. The van der Waals surface area contributed by atoms with Crippen LogP contribution in [0.5, 0.6) is 0 Å². The molecule has 3 heteroatoms. The summed E-state index contributed by atoms with van der Waals surface area (Å²) >= 11 is 2.31. The van der Waals surface area contributed by atoms with Crippen LogP contribution in [0.2, 0.25) is 0 Å². The van der Waals surface area contributed by atoms with E-state index < -0.39 is 0 Å². The van der Waals surface area contributed by atoms with Crippen LogP contribution in [-0.4, -0.2) is 19.1 Å². The largest absolute Gasteiger partial charge is 0.380 e. The summed E-state index contributed by atoms with van der Waals surface area (Å²) in [5.74, 6) is 0. The molecule has 1 aliphatic heterocycles. The number of nitrogens with one attached hydrogen (secondary N) is 2. The van der Waals surface area contributed by atoms with Crippen molar-refractivity contribution in [2.24, 2.45) is 0 Å². The van der Waals surface area contributed by atoms with E-state index in [9.17, 15) is 0 Å². The molecule has 0 spiro atoms. The van der Waals surface area contributed by atoms with E-state index in [2.05, 4.69) is 57.5 Å². The molecule has 0 saturated carbocycles. The van der Waals surface area contributed by atoms with Gasteiger partial charge in [-0.05, 0) is 46.9 Å². The number of hydrogen-bond acceptors (Lipinski definition) is 2. The summed E-state index contributed by atoms with van der Waals surface area (Å²) in [7, 11) is 0. The van der Waals surface area contributed by atoms with Gasteiger partial charge >= 0.3 is 0 Å². The van der Waals surface area contributed by atoms with Gasteiger partial charge in [-0.1, -0.05) is 0 Å². The topological polar surface area (TPSA) is 24.1 Å². The Morgan fingerprint density at radius 1 is 1.25 bits per heavy atom. The number of rotatable bonds is 2. The van der Waals surface area contributed by atoms with Gasteiger partial charge in [0.2, 0.25) is 0 Å². The monoisotopic (exact) mass is 274 g/mol. The fourth-order valence-electron chi connectivity index (χ4n) is 1.17. The van der Waals surface area contributed by atoms with Crippen LogP contribution < -0.4 is 10.6 Å². The van der Waals surface area contributed by atoms with Gasteiger partial charge in [-0.25, -0.2) is 0 Å². The fraction of sp³-hybridized carbons (Fsp3) is 0.333. The molecule has 1 aromatic rings. The Bertz CT molecular complexity index is 254. The maximum atomic E-state index is 3.44. The maximum Gasteiger partial charge on any atom is 0.0510 e. The Labute approximate surface area is 85.9 Å². The van der Waals surface area contributed by atoms with Crippen LogP contribution in [0.4, 0.5) is 5.69 Å².